The van der Waals surface area contributed by atoms with Gasteiger partial charge in [0.1, 0.15) is 5.78 Å². The molecule has 0 heterocycles. The molecule has 2 rings (SSSR count). The van der Waals surface area contributed by atoms with Crippen LogP contribution in [0.1, 0.15) is 25.7 Å². The van der Waals surface area contributed by atoms with Gasteiger partial charge in [0.2, 0.25) is 0 Å². The number of hydrogen-bond acceptors (Lipinski definition) is 2. The molecule has 1 saturated carbocycles. The number of ketones is 1. The first-order chi connectivity index (χ1) is 7.24. The van der Waals surface area contributed by atoms with Crippen LogP contribution in [0, 0.1) is 0 Å². The van der Waals surface area contributed by atoms with Crippen molar-refractivity contribution in [2.24, 2.45) is 0 Å². The fourth-order valence-corrected chi connectivity index (χ4v) is 3.29. The fourth-order valence-electron chi connectivity index (χ4n) is 1.79. The third kappa shape index (κ3) is 3.35. The molecule has 1 fully saturated rings. The topological polar surface area (TPSA) is 17.1 Å². The predicted molar refractivity (Wildman–Crippen MR) is 67.3 cm³/mol. The molecule has 15 heavy (non-hydrogen) atoms. The van der Waals surface area contributed by atoms with E-state index in [4.69, 9.17) is 0 Å². The molecule has 0 spiro atoms. The number of rotatable bonds is 2. The van der Waals surface area contributed by atoms with Crippen molar-refractivity contribution in [1.82, 2.24) is 0 Å². The Morgan fingerprint density at radius 2 is 2.00 bits per heavy atom. The van der Waals surface area contributed by atoms with Crippen LogP contribution in [0.5, 0.6) is 0 Å². The summed E-state index contributed by atoms with van der Waals surface area (Å²) < 4.78 is 1.10. The second kappa shape index (κ2) is 5.17. The number of carbonyl (C=O) groups is 1. The van der Waals surface area contributed by atoms with E-state index in [1.165, 1.54) is 11.3 Å². The lowest BCUT2D eigenvalue weighted by Crippen LogP contribution is -2.16. The van der Waals surface area contributed by atoms with Crippen LogP contribution in [-0.4, -0.2) is 11.0 Å². The molecule has 1 aliphatic carbocycles. The molecule has 3 heteroatoms. The molecule has 1 aromatic carbocycles. The van der Waals surface area contributed by atoms with E-state index in [1.807, 2.05) is 23.9 Å². The second-order valence-electron chi connectivity index (χ2n) is 3.83. The van der Waals surface area contributed by atoms with Gasteiger partial charge in [-0.15, -0.1) is 11.8 Å². The Bertz CT molecular complexity index is 347. The Morgan fingerprint density at radius 3 is 2.67 bits per heavy atom. The number of carbonyl (C=O) groups excluding carboxylic acids is 1. The van der Waals surface area contributed by atoms with Crippen LogP contribution < -0.4 is 0 Å². The van der Waals surface area contributed by atoms with Crippen LogP contribution in [-0.2, 0) is 4.79 Å². The Hall–Kier alpha value is -0.280. The van der Waals surface area contributed by atoms with Gasteiger partial charge in [-0.1, -0.05) is 15.9 Å². The zero-order chi connectivity index (χ0) is 10.7. The highest BCUT2D eigenvalue weighted by molar-refractivity contribution is 9.10. The molecule has 0 aromatic heterocycles. The highest BCUT2D eigenvalue weighted by atomic mass is 79.9. The normalized spacial score (nSPS) is 21.7. The van der Waals surface area contributed by atoms with Crippen molar-refractivity contribution in [3.63, 3.8) is 0 Å². The van der Waals surface area contributed by atoms with Gasteiger partial charge in [-0.2, -0.15) is 0 Å². The first-order valence-corrected chi connectivity index (χ1v) is 6.85. The average Bonchev–Trinajstić information content (AvgIpc) is 2.22. The molecule has 1 nitrogen and oxygen atoms in total. The molecule has 0 amide bonds. The Morgan fingerprint density at radius 1 is 1.27 bits per heavy atom. The van der Waals surface area contributed by atoms with Gasteiger partial charge in [0.05, 0.1) is 0 Å². The summed E-state index contributed by atoms with van der Waals surface area (Å²) in [5.74, 6) is 0.427. The van der Waals surface area contributed by atoms with E-state index in [0.717, 1.165) is 23.7 Å². The van der Waals surface area contributed by atoms with Crippen LogP contribution in [0.2, 0.25) is 0 Å². The summed E-state index contributed by atoms with van der Waals surface area (Å²) in [6, 6.07) is 8.31. The van der Waals surface area contributed by atoms with Crippen molar-refractivity contribution in [2.45, 2.75) is 35.8 Å². The van der Waals surface area contributed by atoms with E-state index >= 15 is 0 Å². The summed E-state index contributed by atoms with van der Waals surface area (Å²) in [5, 5.41) is 0.493. The van der Waals surface area contributed by atoms with Gasteiger partial charge < -0.3 is 0 Å². The molecule has 1 unspecified atom stereocenters. The molecule has 80 valence electrons. The van der Waals surface area contributed by atoms with Crippen LogP contribution >= 0.6 is 27.7 Å². The molecule has 0 N–H and O–H groups in total. The lowest BCUT2D eigenvalue weighted by molar-refractivity contribution is -0.120. The SMILES string of the molecule is O=C1CCCC(Sc2ccc(Br)cc2)C1. The number of thioether (sulfide) groups is 1. The molecule has 0 bridgehead atoms. The predicted octanol–water partition coefficient (Wildman–Crippen LogP) is 4.05. The van der Waals surface area contributed by atoms with Crippen molar-refractivity contribution in [1.29, 1.82) is 0 Å². The van der Waals surface area contributed by atoms with E-state index in [-0.39, 0.29) is 0 Å². The van der Waals surface area contributed by atoms with Gasteiger partial charge in [0.15, 0.2) is 0 Å². The Kier molecular flexibility index (Phi) is 3.87. The minimum atomic E-state index is 0.427. The van der Waals surface area contributed by atoms with E-state index in [1.54, 1.807) is 0 Å². The minimum absolute atomic E-state index is 0.427. The van der Waals surface area contributed by atoms with Crippen LogP contribution in [0.25, 0.3) is 0 Å². The molecule has 1 atom stereocenters. The van der Waals surface area contributed by atoms with Crippen molar-refractivity contribution >= 4 is 33.5 Å². The summed E-state index contributed by atoms with van der Waals surface area (Å²) in [5.41, 5.74) is 0. The summed E-state index contributed by atoms with van der Waals surface area (Å²) in [6.07, 6.45) is 3.78. The Labute approximate surface area is 103 Å². The quantitative estimate of drug-likeness (QED) is 0.815. The van der Waals surface area contributed by atoms with E-state index in [2.05, 4.69) is 28.1 Å². The number of Topliss-reactive ketones (excluding diaryl/α,β-unsaturated/α-hetero) is 1. The zero-order valence-electron chi connectivity index (χ0n) is 8.41. The van der Waals surface area contributed by atoms with Gasteiger partial charge in [-0.25, -0.2) is 0 Å². The van der Waals surface area contributed by atoms with Crippen LogP contribution in [0.15, 0.2) is 33.6 Å². The lowest BCUT2D eigenvalue weighted by atomic mass is 9.99. The molecule has 0 aliphatic heterocycles. The van der Waals surface area contributed by atoms with E-state index in [0.29, 0.717) is 11.0 Å². The molecule has 0 saturated heterocycles. The monoisotopic (exact) mass is 284 g/mol. The third-order valence-corrected chi connectivity index (χ3v) is 4.36. The maximum atomic E-state index is 11.3. The standard InChI is InChI=1S/C12H13BrOS/c13-9-4-6-11(7-5-9)15-12-3-1-2-10(14)8-12/h4-7,12H,1-3,8H2. The zero-order valence-corrected chi connectivity index (χ0v) is 10.8. The fraction of sp³-hybridized carbons (Fsp3) is 0.417. The summed E-state index contributed by atoms with van der Waals surface area (Å²) in [6.45, 7) is 0. The molecular formula is C12H13BrOS. The molecule has 1 aromatic rings. The number of benzene rings is 1. The molecule has 1 aliphatic rings. The number of halogens is 1. The lowest BCUT2D eigenvalue weighted by Gasteiger charge is -2.20. The van der Waals surface area contributed by atoms with Crippen LogP contribution in [0.3, 0.4) is 0 Å². The van der Waals surface area contributed by atoms with Gasteiger partial charge >= 0.3 is 0 Å². The van der Waals surface area contributed by atoms with E-state index in [9.17, 15) is 4.79 Å². The Balaban J connectivity index is 1.96. The van der Waals surface area contributed by atoms with Crippen LogP contribution in [0.4, 0.5) is 0 Å². The highest BCUT2D eigenvalue weighted by Gasteiger charge is 2.19. The van der Waals surface area contributed by atoms with Gasteiger partial charge in [-0.05, 0) is 37.1 Å². The summed E-state index contributed by atoms with van der Waals surface area (Å²) in [4.78, 5) is 12.6. The third-order valence-electron chi connectivity index (χ3n) is 2.55. The second-order valence-corrected chi connectivity index (χ2v) is 6.12. The summed E-state index contributed by atoms with van der Waals surface area (Å²) in [7, 11) is 0. The van der Waals surface area contributed by atoms with Crippen molar-refractivity contribution in [3.8, 4) is 0 Å². The van der Waals surface area contributed by atoms with Gasteiger partial charge in [0.25, 0.3) is 0 Å². The number of hydrogen-bond donors (Lipinski definition) is 0. The maximum absolute atomic E-state index is 11.3. The van der Waals surface area contributed by atoms with Crippen molar-refractivity contribution in [3.05, 3.63) is 28.7 Å². The summed E-state index contributed by atoms with van der Waals surface area (Å²) >= 11 is 5.25. The first-order valence-electron chi connectivity index (χ1n) is 5.18. The largest absolute Gasteiger partial charge is 0.300 e. The minimum Gasteiger partial charge on any atom is -0.300 e. The maximum Gasteiger partial charge on any atom is 0.134 e. The van der Waals surface area contributed by atoms with E-state index < -0.39 is 0 Å². The van der Waals surface area contributed by atoms with Gasteiger partial charge in [-0.3, -0.25) is 4.79 Å². The smallest absolute Gasteiger partial charge is 0.134 e. The van der Waals surface area contributed by atoms with Crippen molar-refractivity contribution in [2.75, 3.05) is 0 Å². The average molecular weight is 285 g/mol. The highest BCUT2D eigenvalue weighted by Crippen LogP contribution is 2.32. The molecular weight excluding hydrogens is 272 g/mol. The first kappa shape index (κ1) is 11.2. The van der Waals surface area contributed by atoms with Gasteiger partial charge in [0, 0.05) is 27.5 Å². The molecule has 0 radical (unpaired) electrons. The van der Waals surface area contributed by atoms with Crippen molar-refractivity contribution < 1.29 is 4.79 Å².